The number of rotatable bonds is 12. The molecule has 6 nitrogen and oxygen atoms in total. The summed E-state index contributed by atoms with van der Waals surface area (Å²) >= 11 is 0. The van der Waals surface area contributed by atoms with E-state index in [9.17, 15) is 14.7 Å². The lowest BCUT2D eigenvalue weighted by atomic mass is 10.1. The number of amides is 1. The zero-order valence-corrected chi connectivity index (χ0v) is 16.8. The molecule has 0 spiro atoms. The topological polar surface area (TPSA) is 84.9 Å². The van der Waals surface area contributed by atoms with Crippen molar-refractivity contribution in [3.8, 4) is 5.75 Å². The van der Waals surface area contributed by atoms with Gasteiger partial charge >= 0.3 is 12.1 Å². The number of unbranched alkanes of at least 4 members (excludes halogenated alkanes) is 3. The molecule has 0 saturated heterocycles. The molecule has 6 heteroatoms. The van der Waals surface area contributed by atoms with E-state index in [0.29, 0.717) is 6.61 Å². The van der Waals surface area contributed by atoms with Crippen LogP contribution >= 0.6 is 0 Å². The molecule has 1 amide bonds. The molecule has 1 atom stereocenters. The highest BCUT2D eigenvalue weighted by Crippen LogP contribution is 2.14. The van der Waals surface area contributed by atoms with Gasteiger partial charge in [-0.25, -0.2) is 9.59 Å². The third-order valence-electron chi connectivity index (χ3n) is 4.43. The van der Waals surface area contributed by atoms with Crippen LogP contribution in [0.1, 0.15) is 43.7 Å². The van der Waals surface area contributed by atoms with Gasteiger partial charge in [-0.15, -0.1) is 0 Å². The molecule has 0 radical (unpaired) electrons. The maximum atomic E-state index is 12.0. The number of hydrogen-bond acceptors (Lipinski definition) is 4. The summed E-state index contributed by atoms with van der Waals surface area (Å²) in [6.07, 6.45) is 3.97. The minimum absolute atomic E-state index is 0.0866. The molecule has 0 aromatic heterocycles. The standard InChI is InChI=1S/C23H29NO5/c1-2-3-4-8-15-28-20-13-11-18(12-14-20)16-21(22(25)26)24-23(27)29-17-19-9-6-5-7-10-19/h5-7,9-14,21H,2-4,8,15-17H2,1H3,(H,24,27)(H,25,26)/t21-/m0/s1. The predicted molar refractivity (Wildman–Crippen MR) is 111 cm³/mol. The number of carbonyl (C=O) groups excluding carboxylic acids is 1. The maximum absolute atomic E-state index is 12.0. The first kappa shape index (κ1) is 22.3. The fourth-order valence-electron chi connectivity index (χ4n) is 2.78. The van der Waals surface area contributed by atoms with Crippen molar-refractivity contribution in [1.82, 2.24) is 5.32 Å². The number of carboxylic acids is 1. The second-order valence-corrected chi connectivity index (χ2v) is 6.85. The number of hydrogen-bond donors (Lipinski definition) is 2. The summed E-state index contributed by atoms with van der Waals surface area (Å²) in [5.41, 5.74) is 1.62. The van der Waals surface area contributed by atoms with Crippen molar-refractivity contribution in [3.05, 3.63) is 65.7 Å². The van der Waals surface area contributed by atoms with Crippen LogP contribution in [0, 0.1) is 0 Å². The Labute approximate surface area is 171 Å². The Hall–Kier alpha value is -3.02. The average molecular weight is 399 g/mol. The summed E-state index contributed by atoms with van der Waals surface area (Å²) in [6, 6.07) is 15.4. The summed E-state index contributed by atoms with van der Waals surface area (Å²) in [6.45, 7) is 2.93. The predicted octanol–water partition coefficient (Wildman–Crippen LogP) is 4.57. The summed E-state index contributed by atoms with van der Waals surface area (Å²) in [7, 11) is 0. The molecule has 0 saturated carbocycles. The quantitative estimate of drug-likeness (QED) is 0.511. The number of benzene rings is 2. The minimum Gasteiger partial charge on any atom is -0.494 e. The molecule has 2 aromatic carbocycles. The first-order valence-electron chi connectivity index (χ1n) is 10.00. The SMILES string of the molecule is CCCCCCOc1ccc(C[C@H](NC(=O)OCc2ccccc2)C(=O)O)cc1. The van der Waals surface area contributed by atoms with Gasteiger partial charge in [-0.3, -0.25) is 0 Å². The third kappa shape index (κ3) is 8.68. The Morgan fingerprint density at radius 2 is 1.69 bits per heavy atom. The van der Waals surface area contributed by atoms with Gasteiger partial charge < -0.3 is 19.9 Å². The molecule has 2 N–H and O–H groups in total. The molecule has 0 unspecified atom stereocenters. The van der Waals surface area contributed by atoms with E-state index in [1.165, 1.54) is 12.8 Å². The number of carboxylic acid groups (broad SMARTS) is 1. The molecule has 0 aliphatic carbocycles. The van der Waals surface area contributed by atoms with Crippen molar-refractivity contribution in [1.29, 1.82) is 0 Å². The first-order valence-corrected chi connectivity index (χ1v) is 10.00. The molecule has 0 heterocycles. The van der Waals surface area contributed by atoms with E-state index >= 15 is 0 Å². The van der Waals surface area contributed by atoms with E-state index in [4.69, 9.17) is 9.47 Å². The van der Waals surface area contributed by atoms with Crippen molar-refractivity contribution in [3.63, 3.8) is 0 Å². The molecule has 0 aliphatic rings. The Morgan fingerprint density at radius 1 is 0.966 bits per heavy atom. The lowest BCUT2D eigenvalue weighted by Gasteiger charge is -2.15. The Bertz CT molecular complexity index is 746. The number of alkyl carbamates (subject to hydrolysis) is 1. The number of ether oxygens (including phenoxy) is 2. The van der Waals surface area contributed by atoms with Crippen LogP contribution in [0.4, 0.5) is 4.79 Å². The van der Waals surface area contributed by atoms with Crippen LogP contribution < -0.4 is 10.1 Å². The van der Waals surface area contributed by atoms with Gasteiger partial charge in [0.2, 0.25) is 0 Å². The van der Waals surface area contributed by atoms with Crippen LogP contribution in [0.25, 0.3) is 0 Å². The van der Waals surface area contributed by atoms with E-state index in [0.717, 1.165) is 29.7 Å². The zero-order valence-electron chi connectivity index (χ0n) is 16.8. The molecule has 2 aromatic rings. The van der Waals surface area contributed by atoms with Gasteiger partial charge in [-0.2, -0.15) is 0 Å². The smallest absolute Gasteiger partial charge is 0.408 e. The van der Waals surface area contributed by atoms with Crippen molar-refractivity contribution in [2.75, 3.05) is 6.61 Å². The highest BCUT2D eigenvalue weighted by molar-refractivity contribution is 5.80. The minimum atomic E-state index is -1.11. The second-order valence-electron chi connectivity index (χ2n) is 6.85. The van der Waals surface area contributed by atoms with Crippen LogP contribution in [-0.4, -0.2) is 29.8 Å². The van der Waals surface area contributed by atoms with E-state index < -0.39 is 18.1 Å². The van der Waals surface area contributed by atoms with Gasteiger partial charge in [0, 0.05) is 6.42 Å². The Balaban J connectivity index is 1.80. The lowest BCUT2D eigenvalue weighted by molar-refractivity contribution is -0.139. The fourth-order valence-corrected chi connectivity index (χ4v) is 2.78. The molecule has 0 bridgehead atoms. The van der Waals surface area contributed by atoms with Crippen LogP contribution in [0.3, 0.4) is 0 Å². The maximum Gasteiger partial charge on any atom is 0.408 e. The third-order valence-corrected chi connectivity index (χ3v) is 4.43. The Morgan fingerprint density at radius 3 is 2.34 bits per heavy atom. The van der Waals surface area contributed by atoms with Crippen LogP contribution in [0.15, 0.2) is 54.6 Å². The van der Waals surface area contributed by atoms with Crippen LogP contribution in [0.2, 0.25) is 0 Å². The normalized spacial score (nSPS) is 11.5. The summed E-state index contributed by atoms with van der Waals surface area (Å²) in [4.78, 5) is 23.5. The van der Waals surface area contributed by atoms with Crippen molar-refractivity contribution in [2.24, 2.45) is 0 Å². The second kappa shape index (κ2) is 12.4. The summed E-state index contributed by atoms with van der Waals surface area (Å²) in [5.74, 6) is -0.356. The first-order chi connectivity index (χ1) is 14.1. The van der Waals surface area contributed by atoms with E-state index in [-0.39, 0.29) is 13.0 Å². The lowest BCUT2D eigenvalue weighted by Crippen LogP contribution is -2.42. The van der Waals surface area contributed by atoms with E-state index in [2.05, 4.69) is 12.2 Å². The fraction of sp³-hybridized carbons (Fsp3) is 0.391. The number of nitrogens with one attached hydrogen (secondary N) is 1. The van der Waals surface area contributed by atoms with Gasteiger partial charge in [0.25, 0.3) is 0 Å². The molecular weight excluding hydrogens is 370 g/mol. The molecule has 0 fully saturated rings. The summed E-state index contributed by atoms with van der Waals surface area (Å²) < 4.78 is 10.8. The zero-order chi connectivity index (χ0) is 20.9. The van der Waals surface area contributed by atoms with E-state index in [1.807, 2.05) is 54.6 Å². The van der Waals surface area contributed by atoms with Crippen LogP contribution in [-0.2, 0) is 22.6 Å². The van der Waals surface area contributed by atoms with Gasteiger partial charge in [-0.05, 0) is 29.7 Å². The van der Waals surface area contributed by atoms with Crippen LogP contribution in [0.5, 0.6) is 5.75 Å². The molecule has 156 valence electrons. The number of aliphatic carboxylic acids is 1. The largest absolute Gasteiger partial charge is 0.494 e. The van der Waals surface area contributed by atoms with Crippen molar-refractivity contribution >= 4 is 12.1 Å². The molecular formula is C23H29NO5. The highest BCUT2D eigenvalue weighted by Gasteiger charge is 2.21. The van der Waals surface area contributed by atoms with Gasteiger partial charge in [0.15, 0.2) is 0 Å². The monoisotopic (exact) mass is 399 g/mol. The van der Waals surface area contributed by atoms with Crippen molar-refractivity contribution < 1.29 is 24.2 Å². The summed E-state index contributed by atoms with van der Waals surface area (Å²) in [5, 5.41) is 11.8. The average Bonchev–Trinajstić information content (AvgIpc) is 2.73. The van der Waals surface area contributed by atoms with E-state index in [1.54, 1.807) is 0 Å². The van der Waals surface area contributed by atoms with Gasteiger partial charge in [-0.1, -0.05) is 68.7 Å². The highest BCUT2D eigenvalue weighted by atomic mass is 16.5. The molecule has 0 aliphatic heterocycles. The number of carbonyl (C=O) groups is 2. The molecule has 2 rings (SSSR count). The molecule has 29 heavy (non-hydrogen) atoms. The van der Waals surface area contributed by atoms with Gasteiger partial charge in [0.1, 0.15) is 18.4 Å². The Kier molecular flexibility index (Phi) is 9.55. The van der Waals surface area contributed by atoms with Crippen molar-refractivity contribution in [2.45, 2.75) is 51.7 Å². The van der Waals surface area contributed by atoms with Gasteiger partial charge in [0.05, 0.1) is 6.61 Å².